The van der Waals surface area contributed by atoms with Gasteiger partial charge < -0.3 is 0 Å². The van der Waals surface area contributed by atoms with Crippen molar-refractivity contribution in [2.24, 2.45) is 5.92 Å². The third-order valence-corrected chi connectivity index (χ3v) is 17.4. The minimum Gasteiger partial charge on any atom is -0.131 e. The van der Waals surface area contributed by atoms with Gasteiger partial charge in [-0.1, -0.05) is 117 Å². The summed E-state index contributed by atoms with van der Waals surface area (Å²) in [5.41, 5.74) is 6.55. The molecule has 0 aliphatic rings. The van der Waals surface area contributed by atoms with Gasteiger partial charge in [0.05, 0.1) is 8.07 Å². The second kappa shape index (κ2) is 16.5. The first-order valence-corrected chi connectivity index (χ1v) is 18.0. The maximum Gasteiger partial charge on any atom is 0.137 e. The van der Waals surface area contributed by atoms with Crippen molar-refractivity contribution < 1.29 is 0 Å². The Labute approximate surface area is 181 Å². The smallest absolute Gasteiger partial charge is 0.131 e. The van der Waals surface area contributed by atoms with Gasteiger partial charge in [0, 0.05) is 6.42 Å². The van der Waals surface area contributed by atoms with E-state index in [0.29, 0.717) is 5.92 Å². The molecular formula is C26H52Si2. The van der Waals surface area contributed by atoms with E-state index in [1.807, 2.05) is 0 Å². The lowest BCUT2D eigenvalue weighted by molar-refractivity contribution is 0.526. The highest BCUT2D eigenvalue weighted by Crippen LogP contribution is 2.25. The number of hydrogen-bond donors (Lipinski definition) is 0. The zero-order chi connectivity index (χ0) is 21.3. The number of allylic oxidation sites excluding steroid dienone is 1. The molecule has 0 aromatic carbocycles. The Morgan fingerprint density at radius 3 is 1.71 bits per heavy atom. The fourth-order valence-electron chi connectivity index (χ4n) is 4.28. The van der Waals surface area contributed by atoms with E-state index in [1.54, 1.807) is 0 Å². The highest BCUT2D eigenvalue weighted by Gasteiger charge is 2.25. The van der Waals surface area contributed by atoms with Crippen molar-refractivity contribution in [3.05, 3.63) is 11.8 Å². The predicted octanol–water partition coefficient (Wildman–Crippen LogP) is 9.40. The van der Waals surface area contributed by atoms with Gasteiger partial charge in [0.15, 0.2) is 0 Å². The quantitative estimate of drug-likeness (QED) is 0.132. The van der Waals surface area contributed by atoms with Crippen LogP contribution in [0.4, 0.5) is 0 Å². The van der Waals surface area contributed by atoms with Crippen LogP contribution in [0.15, 0.2) is 11.8 Å². The molecule has 0 rings (SSSR count). The summed E-state index contributed by atoms with van der Waals surface area (Å²) in [7, 11) is -2.46. The van der Waals surface area contributed by atoms with E-state index in [9.17, 15) is 0 Å². The minimum absolute atomic E-state index is 0.687. The van der Waals surface area contributed by atoms with Crippen molar-refractivity contribution >= 4 is 16.1 Å². The molecule has 0 fully saturated rings. The van der Waals surface area contributed by atoms with Crippen molar-refractivity contribution in [2.75, 3.05) is 0 Å². The summed E-state index contributed by atoms with van der Waals surface area (Å²) >= 11 is 0. The molecule has 0 saturated carbocycles. The van der Waals surface area contributed by atoms with Crippen LogP contribution in [0.3, 0.4) is 0 Å². The van der Waals surface area contributed by atoms with Crippen molar-refractivity contribution in [2.45, 2.75) is 136 Å². The largest absolute Gasteiger partial charge is 0.137 e. The lowest BCUT2D eigenvalue weighted by atomic mass is 9.97. The van der Waals surface area contributed by atoms with Gasteiger partial charge >= 0.3 is 0 Å². The third kappa shape index (κ3) is 10.5. The highest BCUT2D eigenvalue weighted by molar-refractivity contribution is 6.87. The second-order valence-electron chi connectivity index (χ2n) is 8.95. The first-order valence-electron chi connectivity index (χ1n) is 12.7. The van der Waals surface area contributed by atoms with Gasteiger partial charge in [-0.25, -0.2) is 0 Å². The summed E-state index contributed by atoms with van der Waals surface area (Å²) < 4.78 is 0. The first-order chi connectivity index (χ1) is 13.5. The van der Waals surface area contributed by atoms with E-state index >= 15 is 0 Å². The Bertz CT molecular complexity index is 430. The molecule has 0 heterocycles. The molecule has 0 nitrogen and oxygen atoms in total. The SMILES string of the molecule is CCCCCCCCC(/C=C/[Si](CC)(CC)CC)CC#C[Si](CC)(CC)CC. The molecule has 0 radical (unpaired) electrons. The first kappa shape index (κ1) is 27.7. The predicted molar refractivity (Wildman–Crippen MR) is 137 cm³/mol. The molecule has 28 heavy (non-hydrogen) atoms. The zero-order valence-corrected chi connectivity index (χ0v) is 22.6. The van der Waals surface area contributed by atoms with E-state index in [1.165, 1.54) is 81.2 Å². The average Bonchev–Trinajstić information content (AvgIpc) is 2.74. The summed E-state index contributed by atoms with van der Waals surface area (Å²) in [4.78, 5) is 0. The molecule has 0 aliphatic heterocycles. The summed E-state index contributed by atoms with van der Waals surface area (Å²) in [6.07, 6.45) is 13.5. The Hall–Kier alpha value is -0.266. The Morgan fingerprint density at radius 1 is 0.679 bits per heavy atom. The summed E-state index contributed by atoms with van der Waals surface area (Å²) in [6, 6.07) is 8.14. The van der Waals surface area contributed by atoms with Crippen molar-refractivity contribution in [1.82, 2.24) is 0 Å². The Kier molecular flexibility index (Phi) is 16.4. The lowest BCUT2D eigenvalue weighted by Crippen LogP contribution is -2.29. The van der Waals surface area contributed by atoms with Crippen LogP contribution in [0.25, 0.3) is 0 Å². The highest BCUT2D eigenvalue weighted by atomic mass is 28.3. The summed E-state index contributed by atoms with van der Waals surface area (Å²) in [5, 5.41) is 0. The Balaban J connectivity index is 5.03. The maximum atomic E-state index is 3.84. The van der Waals surface area contributed by atoms with Crippen LogP contribution in [0.2, 0.25) is 36.3 Å². The van der Waals surface area contributed by atoms with Crippen LogP contribution >= 0.6 is 0 Å². The van der Waals surface area contributed by atoms with Gasteiger partial charge in [0.1, 0.15) is 8.07 Å². The van der Waals surface area contributed by atoms with Crippen LogP contribution in [0, 0.1) is 17.4 Å². The standard InChI is InChI=1S/C26H52Si2/c1-8-15-16-17-18-19-21-26(23-25-28(12-5,13-6)14-7)22-20-24-27(9-2,10-3)11-4/h23,25-26H,8-19,21-22H2,1-7H3/b25-23+. The van der Waals surface area contributed by atoms with E-state index in [4.69, 9.17) is 0 Å². The molecule has 1 atom stereocenters. The van der Waals surface area contributed by atoms with Crippen LogP contribution in [-0.4, -0.2) is 16.1 Å². The summed E-state index contributed by atoms with van der Waals surface area (Å²) in [6.45, 7) is 16.6. The number of hydrogen-bond acceptors (Lipinski definition) is 0. The topological polar surface area (TPSA) is 0 Å². The van der Waals surface area contributed by atoms with E-state index in [-0.39, 0.29) is 0 Å². The molecule has 0 N–H and O–H groups in total. The van der Waals surface area contributed by atoms with Crippen molar-refractivity contribution in [3.8, 4) is 11.5 Å². The molecule has 0 aliphatic carbocycles. The fourth-order valence-corrected chi connectivity index (χ4v) is 9.68. The Morgan fingerprint density at radius 2 is 1.21 bits per heavy atom. The van der Waals surface area contributed by atoms with Crippen LogP contribution in [-0.2, 0) is 0 Å². The molecule has 0 aromatic rings. The fraction of sp³-hybridized carbons (Fsp3) is 0.846. The molecule has 0 amide bonds. The molecular weight excluding hydrogens is 368 g/mol. The van der Waals surface area contributed by atoms with Crippen LogP contribution < -0.4 is 0 Å². The number of unbranched alkanes of at least 4 members (excludes halogenated alkanes) is 5. The molecule has 0 bridgehead atoms. The van der Waals surface area contributed by atoms with Crippen molar-refractivity contribution in [1.29, 1.82) is 0 Å². The molecule has 1 unspecified atom stereocenters. The van der Waals surface area contributed by atoms with Gasteiger partial charge in [-0.15, -0.1) is 11.5 Å². The van der Waals surface area contributed by atoms with E-state index in [2.05, 4.69) is 71.7 Å². The lowest BCUT2D eigenvalue weighted by Gasteiger charge is -2.24. The van der Waals surface area contributed by atoms with Gasteiger partial charge in [-0.2, -0.15) is 0 Å². The van der Waals surface area contributed by atoms with Gasteiger partial charge in [-0.3, -0.25) is 0 Å². The molecule has 0 spiro atoms. The van der Waals surface area contributed by atoms with Gasteiger partial charge in [0.25, 0.3) is 0 Å². The van der Waals surface area contributed by atoms with E-state index in [0.717, 1.165) is 6.42 Å². The third-order valence-electron chi connectivity index (χ3n) is 7.51. The molecule has 0 aromatic heterocycles. The van der Waals surface area contributed by atoms with Crippen LogP contribution in [0.5, 0.6) is 0 Å². The molecule has 164 valence electrons. The second-order valence-corrected chi connectivity index (χ2v) is 19.1. The number of rotatable bonds is 16. The monoisotopic (exact) mass is 420 g/mol. The van der Waals surface area contributed by atoms with E-state index < -0.39 is 16.1 Å². The maximum absolute atomic E-state index is 3.84. The van der Waals surface area contributed by atoms with Crippen molar-refractivity contribution in [3.63, 3.8) is 0 Å². The minimum atomic E-state index is -1.29. The molecule has 2 heteroatoms. The van der Waals surface area contributed by atoms with Gasteiger partial charge in [0.2, 0.25) is 0 Å². The van der Waals surface area contributed by atoms with Crippen LogP contribution in [0.1, 0.15) is 99.8 Å². The normalized spacial score (nSPS) is 13.5. The average molecular weight is 421 g/mol. The van der Waals surface area contributed by atoms with Gasteiger partial charge in [-0.05, 0) is 30.5 Å². The molecule has 0 saturated heterocycles. The summed E-state index contributed by atoms with van der Waals surface area (Å²) in [5.74, 6) is 4.39. The zero-order valence-electron chi connectivity index (χ0n) is 20.6.